The van der Waals surface area contributed by atoms with Crippen LogP contribution in [0.25, 0.3) is 0 Å². The Bertz CT molecular complexity index is 338. The van der Waals surface area contributed by atoms with Crippen molar-refractivity contribution in [3.8, 4) is 6.07 Å². The van der Waals surface area contributed by atoms with E-state index in [2.05, 4.69) is 11.3 Å². The highest BCUT2D eigenvalue weighted by Gasteiger charge is 2.33. The van der Waals surface area contributed by atoms with Crippen LogP contribution in [-0.2, 0) is 14.3 Å². The van der Waals surface area contributed by atoms with E-state index in [1.165, 1.54) is 13.0 Å². The normalized spacial score (nSPS) is 13.4. The largest absolute Gasteiger partial charge is 0.387 e. The van der Waals surface area contributed by atoms with Crippen LogP contribution in [0.1, 0.15) is 33.1 Å². The monoisotopic (exact) mass is 225 g/mol. The van der Waals surface area contributed by atoms with E-state index in [0.29, 0.717) is 6.42 Å². The highest BCUT2D eigenvalue weighted by atomic mass is 16.6. The summed E-state index contributed by atoms with van der Waals surface area (Å²) in [4.78, 5) is 22.4. The predicted molar refractivity (Wildman–Crippen MR) is 56.0 cm³/mol. The highest BCUT2D eigenvalue weighted by molar-refractivity contribution is 6.00. The van der Waals surface area contributed by atoms with Gasteiger partial charge in [0.1, 0.15) is 11.6 Å². The molecule has 0 spiro atoms. The van der Waals surface area contributed by atoms with Crippen LogP contribution in [0.15, 0.2) is 12.2 Å². The van der Waals surface area contributed by atoms with E-state index >= 15 is 0 Å². The maximum Gasteiger partial charge on any atom is 0.355 e. The summed E-state index contributed by atoms with van der Waals surface area (Å²) in [5, 5.41) is 18.0. The first-order valence-electron chi connectivity index (χ1n) is 4.93. The zero-order valence-electron chi connectivity index (χ0n) is 9.45. The summed E-state index contributed by atoms with van der Waals surface area (Å²) in [6.07, 6.45) is 1.65. The van der Waals surface area contributed by atoms with Crippen molar-refractivity contribution in [2.75, 3.05) is 0 Å². The average Bonchev–Trinajstić information content (AvgIpc) is 2.24. The first kappa shape index (κ1) is 14.3. The third-order valence-corrected chi connectivity index (χ3v) is 2.02. The van der Waals surface area contributed by atoms with Crippen LogP contribution in [0.3, 0.4) is 0 Å². The summed E-state index contributed by atoms with van der Waals surface area (Å²) >= 11 is 0. The highest BCUT2D eigenvalue weighted by Crippen LogP contribution is 2.16. The van der Waals surface area contributed by atoms with Crippen molar-refractivity contribution in [1.29, 1.82) is 5.26 Å². The molecule has 0 fully saturated rings. The summed E-state index contributed by atoms with van der Waals surface area (Å²) in [6.45, 7) is 6.28. The standard InChI is InChI=1S/C11H15NO4/c1-4-5-6-11(3,15)10(14)16-9(13)8(2)7-12/h15H,2,4-6H2,1,3H3. The molecule has 5 heteroatoms. The van der Waals surface area contributed by atoms with Crippen molar-refractivity contribution in [2.24, 2.45) is 0 Å². The Labute approximate surface area is 94.3 Å². The third kappa shape index (κ3) is 4.24. The van der Waals surface area contributed by atoms with E-state index in [1.54, 1.807) is 0 Å². The van der Waals surface area contributed by atoms with E-state index in [9.17, 15) is 14.7 Å². The second-order valence-electron chi connectivity index (χ2n) is 3.64. The second kappa shape index (κ2) is 6.03. The Balaban J connectivity index is 4.41. The van der Waals surface area contributed by atoms with Gasteiger partial charge in [-0.25, -0.2) is 9.59 Å². The Morgan fingerprint density at radius 2 is 2.12 bits per heavy atom. The Kier molecular flexibility index (Phi) is 5.40. The Morgan fingerprint density at radius 1 is 1.56 bits per heavy atom. The molecule has 0 amide bonds. The molecule has 1 unspecified atom stereocenters. The van der Waals surface area contributed by atoms with Crippen molar-refractivity contribution in [3.63, 3.8) is 0 Å². The lowest BCUT2D eigenvalue weighted by Crippen LogP contribution is -2.38. The lowest BCUT2D eigenvalue weighted by molar-refractivity contribution is -0.171. The molecule has 0 aliphatic heterocycles. The minimum atomic E-state index is -1.71. The van der Waals surface area contributed by atoms with E-state index in [1.807, 2.05) is 6.92 Å². The maximum absolute atomic E-state index is 11.4. The number of unbranched alkanes of at least 4 members (excludes halogenated alkanes) is 1. The zero-order chi connectivity index (χ0) is 12.8. The van der Waals surface area contributed by atoms with Gasteiger partial charge in [0, 0.05) is 0 Å². The van der Waals surface area contributed by atoms with Gasteiger partial charge in [0.15, 0.2) is 5.60 Å². The van der Waals surface area contributed by atoms with Crippen LogP contribution in [-0.4, -0.2) is 22.6 Å². The van der Waals surface area contributed by atoms with E-state index < -0.39 is 23.1 Å². The van der Waals surface area contributed by atoms with Crippen LogP contribution in [0, 0.1) is 11.3 Å². The number of carbonyl (C=O) groups excluding carboxylic acids is 2. The first-order chi connectivity index (χ1) is 7.35. The smallest absolute Gasteiger partial charge is 0.355 e. The topological polar surface area (TPSA) is 87.4 Å². The van der Waals surface area contributed by atoms with Crippen molar-refractivity contribution < 1.29 is 19.4 Å². The molecule has 0 aromatic rings. The fourth-order valence-electron chi connectivity index (χ4n) is 0.924. The lowest BCUT2D eigenvalue weighted by Gasteiger charge is -2.19. The maximum atomic E-state index is 11.4. The van der Waals surface area contributed by atoms with Gasteiger partial charge in [-0.15, -0.1) is 0 Å². The fourth-order valence-corrected chi connectivity index (χ4v) is 0.924. The van der Waals surface area contributed by atoms with Crippen LogP contribution >= 0.6 is 0 Å². The van der Waals surface area contributed by atoms with Crippen LogP contribution in [0.5, 0.6) is 0 Å². The molecule has 0 saturated heterocycles. The van der Waals surface area contributed by atoms with Crippen LogP contribution < -0.4 is 0 Å². The van der Waals surface area contributed by atoms with Gasteiger partial charge in [-0.05, 0) is 13.3 Å². The van der Waals surface area contributed by atoms with Crippen molar-refractivity contribution in [2.45, 2.75) is 38.7 Å². The van der Waals surface area contributed by atoms with Gasteiger partial charge in [0.25, 0.3) is 0 Å². The van der Waals surface area contributed by atoms with Gasteiger partial charge in [-0.2, -0.15) is 5.26 Å². The van der Waals surface area contributed by atoms with Gasteiger partial charge < -0.3 is 9.84 Å². The molecule has 0 rings (SSSR count). The Morgan fingerprint density at radius 3 is 2.56 bits per heavy atom. The molecular formula is C11H15NO4. The summed E-state index contributed by atoms with van der Waals surface area (Å²) in [5.74, 6) is -2.17. The molecule has 0 aromatic heterocycles. The number of nitriles is 1. The number of hydrogen-bond donors (Lipinski definition) is 1. The molecule has 88 valence electrons. The molecule has 0 heterocycles. The molecular weight excluding hydrogens is 210 g/mol. The molecule has 1 N–H and O–H groups in total. The van der Waals surface area contributed by atoms with Crippen molar-refractivity contribution in [1.82, 2.24) is 0 Å². The molecule has 0 aliphatic rings. The van der Waals surface area contributed by atoms with Gasteiger partial charge in [-0.1, -0.05) is 26.3 Å². The first-order valence-corrected chi connectivity index (χ1v) is 4.93. The number of carbonyl (C=O) groups is 2. The molecule has 1 atom stereocenters. The number of ether oxygens (including phenoxy) is 1. The van der Waals surface area contributed by atoms with Crippen molar-refractivity contribution >= 4 is 11.9 Å². The predicted octanol–water partition coefficient (Wildman–Crippen LogP) is 1.08. The molecule has 0 radical (unpaired) electrons. The van der Waals surface area contributed by atoms with Gasteiger partial charge in [-0.3, -0.25) is 0 Å². The van der Waals surface area contributed by atoms with Crippen LogP contribution in [0.4, 0.5) is 0 Å². The summed E-state index contributed by atoms with van der Waals surface area (Å²) in [7, 11) is 0. The van der Waals surface area contributed by atoms with Gasteiger partial charge in [0.05, 0.1) is 0 Å². The minimum Gasteiger partial charge on any atom is -0.387 e. The average molecular weight is 225 g/mol. The minimum absolute atomic E-state index is 0.203. The molecule has 0 saturated carbocycles. The molecule has 16 heavy (non-hydrogen) atoms. The quantitative estimate of drug-likeness (QED) is 0.327. The second-order valence-corrected chi connectivity index (χ2v) is 3.64. The van der Waals surface area contributed by atoms with Crippen LogP contribution in [0.2, 0.25) is 0 Å². The number of hydrogen-bond acceptors (Lipinski definition) is 5. The third-order valence-electron chi connectivity index (χ3n) is 2.02. The molecule has 0 aliphatic carbocycles. The number of nitrogens with zero attached hydrogens (tertiary/aromatic N) is 1. The summed E-state index contributed by atoms with van der Waals surface area (Å²) in [5.41, 5.74) is -2.18. The summed E-state index contributed by atoms with van der Waals surface area (Å²) < 4.78 is 4.32. The van der Waals surface area contributed by atoms with E-state index in [4.69, 9.17) is 5.26 Å². The zero-order valence-corrected chi connectivity index (χ0v) is 9.45. The number of rotatable bonds is 5. The van der Waals surface area contributed by atoms with Crippen molar-refractivity contribution in [3.05, 3.63) is 12.2 Å². The SMILES string of the molecule is C=C(C#N)C(=O)OC(=O)C(C)(O)CCCC. The number of aliphatic hydroxyl groups is 1. The van der Waals surface area contributed by atoms with E-state index in [-0.39, 0.29) is 6.42 Å². The van der Waals surface area contributed by atoms with Gasteiger partial charge in [0.2, 0.25) is 0 Å². The molecule has 0 bridgehead atoms. The van der Waals surface area contributed by atoms with E-state index in [0.717, 1.165) is 6.42 Å². The van der Waals surface area contributed by atoms with Gasteiger partial charge >= 0.3 is 11.9 Å². The Hall–Kier alpha value is -1.67. The number of esters is 2. The fraction of sp³-hybridized carbons (Fsp3) is 0.545. The molecule has 5 nitrogen and oxygen atoms in total. The molecule has 0 aromatic carbocycles. The lowest BCUT2D eigenvalue weighted by atomic mass is 9.99. The summed E-state index contributed by atoms with van der Waals surface area (Å²) in [6, 6.07) is 1.46.